The first-order chi connectivity index (χ1) is 14.8. The van der Waals surface area contributed by atoms with Crippen LogP contribution in [0.15, 0.2) is 58.8 Å². The van der Waals surface area contributed by atoms with Gasteiger partial charge in [-0.05, 0) is 67.6 Å². The summed E-state index contributed by atoms with van der Waals surface area (Å²) in [5.74, 6) is -0.0123. The van der Waals surface area contributed by atoms with Gasteiger partial charge >= 0.3 is 0 Å². The monoisotopic (exact) mass is 456 g/mol. The Labute approximate surface area is 186 Å². The van der Waals surface area contributed by atoms with Crippen molar-refractivity contribution in [2.45, 2.75) is 31.2 Å². The average molecular weight is 457 g/mol. The van der Waals surface area contributed by atoms with Crippen LogP contribution in [-0.2, 0) is 16.4 Å². The number of anilines is 1. The number of carbonyl (C=O) groups is 1. The molecule has 0 bridgehead atoms. The molecule has 0 fully saturated rings. The number of benzene rings is 2. The zero-order chi connectivity index (χ0) is 22.2. The normalized spacial score (nSPS) is 16.0. The highest BCUT2D eigenvalue weighted by molar-refractivity contribution is 7.92. The highest BCUT2D eigenvalue weighted by atomic mass is 32.2. The molecule has 0 radical (unpaired) electrons. The number of amides is 1. The number of aryl methyl sites for hydroxylation is 1. The smallest absolute Gasteiger partial charge is 0.265 e. The molecule has 2 heterocycles. The van der Waals surface area contributed by atoms with Gasteiger partial charge in [0, 0.05) is 22.7 Å². The molecule has 0 unspecified atom stereocenters. The van der Waals surface area contributed by atoms with Crippen LogP contribution in [0.2, 0.25) is 0 Å². The number of hydrogen-bond acceptors (Lipinski definition) is 5. The summed E-state index contributed by atoms with van der Waals surface area (Å²) in [6.07, 6.45) is 0.805. The molecule has 6 nitrogen and oxygen atoms in total. The summed E-state index contributed by atoms with van der Waals surface area (Å²) in [6.45, 7) is 4.53. The molecule has 4 rings (SSSR count). The lowest BCUT2D eigenvalue weighted by atomic mass is 10.0. The van der Waals surface area contributed by atoms with Crippen LogP contribution in [0.25, 0.3) is 0 Å². The lowest BCUT2D eigenvalue weighted by Crippen LogP contribution is -2.38. The molecule has 1 atom stereocenters. The summed E-state index contributed by atoms with van der Waals surface area (Å²) in [7, 11) is -2.54. The van der Waals surface area contributed by atoms with E-state index >= 15 is 0 Å². The minimum absolute atomic E-state index is 0.0599. The van der Waals surface area contributed by atoms with Gasteiger partial charge in [0.05, 0.1) is 13.2 Å². The van der Waals surface area contributed by atoms with Gasteiger partial charge < -0.3 is 9.64 Å². The van der Waals surface area contributed by atoms with E-state index in [1.165, 1.54) is 24.1 Å². The molecule has 0 aliphatic carbocycles. The second-order valence-corrected chi connectivity index (χ2v) is 10.2. The minimum Gasteiger partial charge on any atom is -0.495 e. The fourth-order valence-corrected chi connectivity index (χ4v) is 6.02. The molecule has 31 heavy (non-hydrogen) atoms. The van der Waals surface area contributed by atoms with Crippen molar-refractivity contribution >= 4 is 33.0 Å². The van der Waals surface area contributed by atoms with E-state index in [4.69, 9.17) is 4.74 Å². The summed E-state index contributed by atoms with van der Waals surface area (Å²) in [5.41, 5.74) is 2.94. The van der Waals surface area contributed by atoms with Crippen LogP contribution in [0.3, 0.4) is 0 Å². The minimum atomic E-state index is -3.95. The van der Waals surface area contributed by atoms with Gasteiger partial charge in [-0.1, -0.05) is 17.7 Å². The van der Waals surface area contributed by atoms with Crippen molar-refractivity contribution in [3.05, 3.63) is 75.5 Å². The predicted molar refractivity (Wildman–Crippen MR) is 122 cm³/mol. The van der Waals surface area contributed by atoms with Crippen LogP contribution in [0.4, 0.5) is 5.69 Å². The molecule has 2 aromatic carbocycles. The Morgan fingerprint density at radius 3 is 2.61 bits per heavy atom. The zero-order valence-corrected chi connectivity index (χ0v) is 19.2. The maximum absolute atomic E-state index is 13.3. The third kappa shape index (κ3) is 4.18. The summed E-state index contributed by atoms with van der Waals surface area (Å²) in [4.78, 5) is 16.3. The molecule has 8 heteroatoms. The Hall–Kier alpha value is -2.84. The number of carbonyl (C=O) groups excluding carboxylic acids is 1. The molecule has 1 aromatic heterocycles. The third-order valence-corrected chi connectivity index (χ3v) is 7.94. The number of sulfonamides is 1. The van der Waals surface area contributed by atoms with E-state index in [0.29, 0.717) is 17.8 Å². The van der Waals surface area contributed by atoms with Crippen LogP contribution in [0.1, 0.15) is 39.3 Å². The summed E-state index contributed by atoms with van der Waals surface area (Å²) in [5, 5.41) is 2.05. The Bertz CT molecular complexity index is 1220. The number of nitrogens with zero attached hydrogens (tertiary/aromatic N) is 1. The Kier molecular flexibility index (Phi) is 5.77. The number of thiophene rings is 1. The lowest BCUT2D eigenvalue weighted by Gasteiger charge is -2.33. The number of hydrogen-bond donors (Lipinski definition) is 1. The van der Waals surface area contributed by atoms with Crippen molar-refractivity contribution in [1.82, 2.24) is 4.90 Å². The van der Waals surface area contributed by atoms with E-state index < -0.39 is 10.0 Å². The summed E-state index contributed by atoms with van der Waals surface area (Å²) in [6, 6.07) is 13.6. The van der Waals surface area contributed by atoms with Crippen molar-refractivity contribution in [1.29, 1.82) is 0 Å². The van der Waals surface area contributed by atoms with Crippen molar-refractivity contribution < 1.29 is 17.9 Å². The molecule has 1 aliphatic rings. The first-order valence-corrected chi connectivity index (χ1v) is 12.3. The van der Waals surface area contributed by atoms with Gasteiger partial charge in [0.1, 0.15) is 10.6 Å². The second-order valence-electron chi connectivity index (χ2n) is 7.56. The molecular weight excluding hydrogens is 432 g/mol. The fraction of sp³-hybridized carbons (Fsp3) is 0.261. The number of methoxy groups -OCH3 is 1. The van der Waals surface area contributed by atoms with E-state index in [2.05, 4.69) is 10.8 Å². The van der Waals surface area contributed by atoms with Crippen LogP contribution in [0, 0.1) is 6.92 Å². The van der Waals surface area contributed by atoms with Crippen molar-refractivity contribution in [2.75, 3.05) is 18.4 Å². The number of rotatable bonds is 5. The quantitative estimate of drug-likeness (QED) is 0.608. The topological polar surface area (TPSA) is 75.7 Å². The SMILES string of the molecule is COc1ccc(C(=O)N2CCc3sccc3[C@H]2C)cc1S(=O)(=O)Nc1ccc(C)cc1. The van der Waals surface area contributed by atoms with Gasteiger partial charge in [0.15, 0.2) is 0 Å². The highest BCUT2D eigenvalue weighted by Gasteiger charge is 2.30. The van der Waals surface area contributed by atoms with Crippen LogP contribution in [0.5, 0.6) is 5.75 Å². The molecule has 0 saturated carbocycles. The molecule has 3 aromatic rings. The molecular formula is C23H24N2O4S2. The second kappa shape index (κ2) is 8.36. The van der Waals surface area contributed by atoms with Gasteiger partial charge in [-0.2, -0.15) is 0 Å². The molecule has 1 N–H and O–H groups in total. The zero-order valence-electron chi connectivity index (χ0n) is 17.6. The maximum Gasteiger partial charge on any atom is 0.265 e. The predicted octanol–water partition coefficient (Wildman–Crippen LogP) is 4.63. The fourth-order valence-electron chi connectivity index (χ4n) is 3.80. The third-order valence-electron chi connectivity index (χ3n) is 5.54. The van der Waals surface area contributed by atoms with E-state index in [-0.39, 0.29) is 22.6 Å². The molecule has 162 valence electrons. The number of nitrogens with one attached hydrogen (secondary N) is 1. The van der Waals surface area contributed by atoms with Gasteiger partial charge in [-0.25, -0.2) is 8.42 Å². The van der Waals surface area contributed by atoms with Gasteiger partial charge in [-0.15, -0.1) is 11.3 Å². The largest absolute Gasteiger partial charge is 0.495 e. The summed E-state index contributed by atoms with van der Waals surface area (Å²) >= 11 is 1.71. The van der Waals surface area contributed by atoms with Crippen molar-refractivity contribution in [2.24, 2.45) is 0 Å². The van der Waals surface area contributed by atoms with Crippen molar-refractivity contribution in [3.8, 4) is 5.75 Å². The number of fused-ring (bicyclic) bond motifs is 1. The molecule has 1 aliphatic heterocycles. The van der Waals surface area contributed by atoms with Crippen LogP contribution < -0.4 is 9.46 Å². The molecule has 0 saturated heterocycles. The standard InChI is InChI=1S/C23H24N2O4S2/c1-15-4-7-18(8-5-15)24-31(27,28)22-14-17(6-9-20(22)29-3)23(26)25-12-10-21-19(16(25)2)11-13-30-21/h4-9,11,13-14,16,24H,10,12H2,1-3H3/t16-/m1/s1. The van der Waals surface area contributed by atoms with E-state index in [0.717, 1.165) is 17.5 Å². The van der Waals surface area contributed by atoms with Gasteiger partial charge in [0.25, 0.3) is 15.9 Å². The Balaban J connectivity index is 1.66. The van der Waals surface area contributed by atoms with Crippen LogP contribution >= 0.6 is 11.3 Å². The maximum atomic E-state index is 13.3. The first-order valence-electron chi connectivity index (χ1n) is 9.95. The highest BCUT2D eigenvalue weighted by Crippen LogP contribution is 2.34. The van der Waals surface area contributed by atoms with Crippen molar-refractivity contribution in [3.63, 3.8) is 0 Å². The lowest BCUT2D eigenvalue weighted by molar-refractivity contribution is 0.0679. The average Bonchev–Trinajstić information content (AvgIpc) is 3.24. The van der Waals surface area contributed by atoms with Crippen LogP contribution in [-0.4, -0.2) is 32.9 Å². The van der Waals surface area contributed by atoms with Gasteiger partial charge in [0.2, 0.25) is 0 Å². The van der Waals surface area contributed by atoms with E-state index in [1.807, 2.05) is 31.4 Å². The Morgan fingerprint density at radius 2 is 1.90 bits per heavy atom. The van der Waals surface area contributed by atoms with E-state index in [9.17, 15) is 13.2 Å². The van der Waals surface area contributed by atoms with Gasteiger partial charge in [-0.3, -0.25) is 9.52 Å². The van der Waals surface area contributed by atoms with E-state index in [1.54, 1.807) is 34.4 Å². The molecule has 1 amide bonds. The molecule has 0 spiro atoms. The number of ether oxygens (including phenoxy) is 1. The first kappa shape index (κ1) is 21.4. The Morgan fingerprint density at radius 1 is 1.16 bits per heavy atom. The summed E-state index contributed by atoms with van der Waals surface area (Å²) < 4.78 is 34.0.